The van der Waals surface area contributed by atoms with Crippen LogP contribution in [0, 0.1) is 25.2 Å². The summed E-state index contributed by atoms with van der Waals surface area (Å²) in [4.78, 5) is 14.8. The van der Waals surface area contributed by atoms with Gasteiger partial charge in [0.1, 0.15) is 0 Å². The number of aliphatic hydroxyl groups is 1. The van der Waals surface area contributed by atoms with Crippen molar-refractivity contribution in [2.75, 3.05) is 6.54 Å². The number of hydrogen-bond acceptors (Lipinski definition) is 2. The van der Waals surface area contributed by atoms with Crippen LogP contribution in [-0.4, -0.2) is 34.1 Å². The normalized spacial score (nSPS) is 39.4. The second-order valence-electron chi connectivity index (χ2n) is 9.80. The lowest BCUT2D eigenvalue weighted by atomic mass is 9.59. The summed E-state index contributed by atoms with van der Waals surface area (Å²) in [5.41, 5.74) is 3.97. The highest BCUT2D eigenvalue weighted by molar-refractivity contribution is 5.81. The van der Waals surface area contributed by atoms with Crippen LogP contribution < -0.4 is 0 Å². The van der Waals surface area contributed by atoms with Crippen molar-refractivity contribution >= 4 is 5.91 Å². The van der Waals surface area contributed by atoms with Crippen molar-refractivity contribution in [2.24, 2.45) is 11.3 Å². The van der Waals surface area contributed by atoms with Gasteiger partial charge < -0.3 is 10.0 Å². The molecule has 2 aliphatic carbocycles. The highest BCUT2D eigenvalue weighted by Gasteiger charge is 2.55. The van der Waals surface area contributed by atoms with Crippen LogP contribution in [-0.2, 0) is 4.79 Å². The topological polar surface area (TPSA) is 40.5 Å². The van der Waals surface area contributed by atoms with Gasteiger partial charge in [0, 0.05) is 23.9 Å². The second kappa shape index (κ2) is 6.09. The van der Waals surface area contributed by atoms with E-state index in [1.54, 1.807) is 0 Å². The van der Waals surface area contributed by atoms with Gasteiger partial charge in [0.25, 0.3) is 0 Å². The van der Waals surface area contributed by atoms with Crippen molar-refractivity contribution in [3.8, 4) is 0 Å². The highest BCUT2D eigenvalue weighted by Crippen LogP contribution is 2.53. The molecule has 1 heterocycles. The van der Waals surface area contributed by atoms with Crippen molar-refractivity contribution in [1.29, 1.82) is 0 Å². The van der Waals surface area contributed by atoms with Gasteiger partial charge in [0.05, 0.1) is 5.60 Å². The number of rotatable bonds is 2. The molecule has 3 heteroatoms. The maximum atomic E-state index is 12.7. The van der Waals surface area contributed by atoms with E-state index in [0.717, 1.165) is 6.54 Å². The average Bonchev–Trinajstić information content (AvgIpc) is 2.56. The number of amides is 1. The van der Waals surface area contributed by atoms with E-state index in [2.05, 4.69) is 43.9 Å². The Kier molecular flexibility index (Phi) is 4.22. The molecule has 0 aromatic heterocycles. The molecule has 2 saturated carbocycles. The molecule has 3 aliphatic rings. The molecule has 1 atom stereocenters. The molecule has 1 aromatic rings. The molecule has 0 unspecified atom stereocenters. The molecule has 1 amide bonds. The minimum atomic E-state index is -0.615. The molecule has 4 rings (SSSR count). The summed E-state index contributed by atoms with van der Waals surface area (Å²) in [7, 11) is 0. The van der Waals surface area contributed by atoms with E-state index in [9.17, 15) is 9.90 Å². The molecule has 1 N–H and O–H groups in total. The van der Waals surface area contributed by atoms with E-state index >= 15 is 0 Å². The van der Waals surface area contributed by atoms with Gasteiger partial charge in [0.2, 0.25) is 5.91 Å². The highest BCUT2D eigenvalue weighted by atomic mass is 16.3. The van der Waals surface area contributed by atoms with Crippen molar-refractivity contribution < 1.29 is 9.90 Å². The summed E-state index contributed by atoms with van der Waals surface area (Å²) < 4.78 is 0. The minimum absolute atomic E-state index is 0.0522. The molecule has 0 bridgehead atoms. The predicted molar refractivity (Wildman–Crippen MR) is 104 cm³/mol. The average molecular weight is 356 g/mol. The lowest BCUT2D eigenvalue weighted by Gasteiger charge is -2.60. The molecule has 1 aliphatic heterocycles. The van der Waals surface area contributed by atoms with Gasteiger partial charge in [-0.15, -0.1) is 0 Å². The number of hydrogen-bond donors (Lipinski definition) is 1. The van der Waals surface area contributed by atoms with E-state index in [-0.39, 0.29) is 11.8 Å². The zero-order valence-electron chi connectivity index (χ0n) is 16.7. The van der Waals surface area contributed by atoms with E-state index in [1.807, 2.05) is 6.92 Å². The van der Waals surface area contributed by atoms with Crippen LogP contribution in [0.2, 0.25) is 0 Å². The van der Waals surface area contributed by atoms with Gasteiger partial charge in [0.15, 0.2) is 0 Å². The summed E-state index contributed by atoms with van der Waals surface area (Å²) in [6.45, 7) is 9.40. The third kappa shape index (κ3) is 2.98. The Labute approximate surface area is 157 Å². The third-order valence-corrected chi connectivity index (χ3v) is 7.54. The van der Waals surface area contributed by atoms with E-state index < -0.39 is 5.60 Å². The molecule has 3 nitrogen and oxygen atoms in total. The molecule has 1 aromatic carbocycles. The van der Waals surface area contributed by atoms with E-state index in [1.165, 1.54) is 42.4 Å². The number of nitrogens with zero attached hydrogens (tertiary/aromatic N) is 1. The lowest BCUT2D eigenvalue weighted by molar-refractivity contribution is -0.174. The van der Waals surface area contributed by atoms with E-state index in [4.69, 9.17) is 0 Å². The van der Waals surface area contributed by atoms with Gasteiger partial charge in [-0.3, -0.25) is 4.79 Å². The zero-order chi connectivity index (χ0) is 18.7. The molecule has 1 spiro atoms. The molecule has 3 fully saturated rings. The van der Waals surface area contributed by atoms with Gasteiger partial charge in [-0.2, -0.15) is 0 Å². The Morgan fingerprint density at radius 1 is 1.12 bits per heavy atom. The monoisotopic (exact) mass is 355 g/mol. The van der Waals surface area contributed by atoms with Gasteiger partial charge in [-0.05, 0) is 77.7 Å². The number of aryl methyl sites for hydroxylation is 2. The third-order valence-electron chi connectivity index (χ3n) is 7.54. The molecule has 142 valence electrons. The first-order valence-electron chi connectivity index (χ1n) is 10.3. The predicted octanol–water partition coefficient (Wildman–Crippen LogP) is 4.34. The van der Waals surface area contributed by atoms with Gasteiger partial charge in [-0.25, -0.2) is 0 Å². The number of carbonyl (C=O) groups is 1. The SMILES string of the molecule is Cc1cc(C)cc([C@H]2CC[C@@]3(CC2)CN(C(=O)[C@H]2C[C@@](C)(O)C2)[C@@H]3C)c1. The fourth-order valence-corrected chi connectivity index (χ4v) is 5.85. The summed E-state index contributed by atoms with van der Waals surface area (Å²) in [6.07, 6.45) is 6.23. The summed E-state index contributed by atoms with van der Waals surface area (Å²) in [6, 6.07) is 7.33. The Morgan fingerprint density at radius 3 is 2.19 bits per heavy atom. The first-order valence-corrected chi connectivity index (χ1v) is 10.3. The van der Waals surface area contributed by atoms with Crippen molar-refractivity contribution in [1.82, 2.24) is 4.90 Å². The largest absolute Gasteiger partial charge is 0.390 e. The van der Waals surface area contributed by atoms with Gasteiger partial charge >= 0.3 is 0 Å². The Hall–Kier alpha value is -1.35. The van der Waals surface area contributed by atoms with Crippen LogP contribution in [0.25, 0.3) is 0 Å². The zero-order valence-corrected chi connectivity index (χ0v) is 16.7. The second-order valence-corrected chi connectivity index (χ2v) is 9.80. The lowest BCUT2D eigenvalue weighted by Crippen LogP contribution is -2.68. The number of carbonyl (C=O) groups excluding carboxylic acids is 1. The molecular weight excluding hydrogens is 322 g/mol. The Morgan fingerprint density at radius 2 is 1.69 bits per heavy atom. The van der Waals surface area contributed by atoms with Crippen molar-refractivity contribution in [2.45, 2.75) is 83.8 Å². The number of benzene rings is 1. The fourth-order valence-electron chi connectivity index (χ4n) is 5.85. The van der Waals surface area contributed by atoms with Gasteiger partial charge in [-0.1, -0.05) is 29.3 Å². The quantitative estimate of drug-likeness (QED) is 0.857. The van der Waals surface area contributed by atoms with Crippen LogP contribution in [0.3, 0.4) is 0 Å². The van der Waals surface area contributed by atoms with Crippen LogP contribution in [0.4, 0.5) is 0 Å². The Balaban J connectivity index is 1.36. The molecular formula is C23H33NO2. The Bertz CT molecular complexity index is 687. The molecule has 1 saturated heterocycles. The molecule has 0 radical (unpaired) electrons. The van der Waals surface area contributed by atoms with E-state index in [0.29, 0.717) is 30.2 Å². The fraction of sp³-hybridized carbons (Fsp3) is 0.696. The molecule has 26 heavy (non-hydrogen) atoms. The minimum Gasteiger partial charge on any atom is -0.390 e. The summed E-state index contributed by atoms with van der Waals surface area (Å²) >= 11 is 0. The van der Waals surface area contributed by atoms with Crippen molar-refractivity contribution in [3.63, 3.8) is 0 Å². The van der Waals surface area contributed by atoms with Crippen LogP contribution in [0.5, 0.6) is 0 Å². The first-order chi connectivity index (χ1) is 12.2. The van der Waals surface area contributed by atoms with Crippen LogP contribution in [0.15, 0.2) is 18.2 Å². The van der Waals surface area contributed by atoms with Crippen LogP contribution >= 0.6 is 0 Å². The van der Waals surface area contributed by atoms with Crippen LogP contribution in [0.1, 0.15) is 75.0 Å². The summed E-state index contributed by atoms with van der Waals surface area (Å²) in [5, 5.41) is 9.92. The summed E-state index contributed by atoms with van der Waals surface area (Å²) in [5.74, 6) is 1.01. The smallest absolute Gasteiger partial charge is 0.226 e. The standard InChI is InChI=1S/C23H33NO2/c1-15-9-16(2)11-19(10-15)18-5-7-23(8-6-18)14-24(17(23)3)21(25)20-12-22(4,26)13-20/h9-11,17-18,20,26H,5-8,12-14H2,1-4H3/t17-,18-,20-,22+,23+/m1/s1. The van der Waals surface area contributed by atoms with Crippen molar-refractivity contribution in [3.05, 3.63) is 34.9 Å². The first kappa shape index (κ1) is 18.0. The maximum absolute atomic E-state index is 12.7. The maximum Gasteiger partial charge on any atom is 0.226 e. The number of likely N-dealkylation sites (tertiary alicyclic amines) is 1.